The molecule has 3 saturated heterocycles. The second-order valence-corrected chi connectivity index (χ2v) is 7.02. The Hall–Kier alpha value is -1.10. The predicted molar refractivity (Wildman–Crippen MR) is 85.4 cm³/mol. The van der Waals surface area contributed by atoms with Crippen molar-refractivity contribution in [2.24, 2.45) is 5.92 Å². The van der Waals surface area contributed by atoms with Gasteiger partial charge in [0.05, 0.1) is 6.54 Å². The first-order chi connectivity index (χ1) is 10.7. The summed E-state index contributed by atoms with van der Waals surface area (Å²) in [6.07, 6.45) is 7.72. The van der Waals surface area contributed by atoms with Crippen molar-refractivity contribution in [1.29, 1.82) is 0 Å². The van der Waals surface area contributed by atoms with Gasteiger partial charge < -0.3 is 9.80 Å². The molecule has 0 unspecified atom stereocenters. The van der Waals surface area contributed by atoms with Crippen LogP contribution in [0.5, 0.6) is 0 Å². The fraction of sp³-hybridized carbons (Fsp3) is 0.882. The molecular formula is C17H29N3O2. The molecular weight excluding hydrogens is 278 g/mol. The number of likely N-dealkylation sites (tertiary alicyclic amines) is 3. The monoisotopic (exact) mass is 307 g/mol. The molecule has 124 valence electrons. The summed E-state index contributed by atoms with van der Waals surface area (Å²) < 4.78 is 0. The molecule has 0 saturated carbocycles. The number of rotatable bonds is 3. The summed E-state index contributed by atoms with van der Waals surface area (Å²) in [5.74, 6) is 0.836. The number of carbonyl (C=O) groups is 2. The Balaban J connectivity index is 1.41. The van der Waals surface area contributed by atoms with Crippen molar-refractivity contribution < 1.29 is 9.59 Å². The van der Waals surface area contributed by atoms with Gasteiger partial charge in [-0.1, -0.05) is 0 Å². The van der Waals surface area contributed by atoms with E-state index in [9.17, 15) is 9.59 Å². The lowest BCUT2D eigenvalue weighted by atomic mass is 9.95. The van der Waals surface area contributed by atoms with Crippen LogP contribution >= 0.6 is 0 Å². The van der Waals surface area contributed by atoms with Gasteiger partial charge in [0.15, 0.2) is 0 Å². The second-order valence-electron chi connectivity index (χ2n) is 7.02. The first-order valence-corrected chi connectivity index (χ1v) is 9.03. The van der Waals surface area contributed by atoms with Gasteiger partial charge in [0.25, 0.3) is 0 Å². The molecule has 0 aromatic heterocycles. The van der Waals surface area contributed by atoms with Gasteiger partial charge in [-0.25, -0.2) is 0 Å². The average molecular weight is 307 g/mol. The molecule has 3 aliphatic heterocycles. The molecule has 0 aliphatic carbocycles. The minimum absolute atomic E-state index is 0.194. The summed E-state index contributed by atoms with van der Waals surface area (Å²) in [5, 5.41) is 0. The summed E-state index contributed by atoms with van der Waals surface area (Å²) >= 11 is 0. The molecule has 2 amide bonds. The lowest BCUT2D eigenvalue weighted by molar-refractivity contribution is -0.136. The quantitative estimate of drug-likeness (QED) is 0.790. The fourth-order valence-electron chi connectivity index (χ4n) is 3.97. The Kier molecular flexibility index (Phi) is 5.34. The van der Waals surface area contributed by atoms with Gasteiger partial charge >= 0.3 is 0 Å². The van der Waals surface area contributed by atoms with E-state index in [2.05, 4.69) is 4.90 Å². The van der Waals surface area contributed by atoms with Crippen LogP contribution in [0.4, 0.5) is 0 Å². The third-order valence-corrected chi connectivity index (χ3v) is 5.42. The van der Waals surface area contributed by atoms with Gasteiger partial charge in [-0.3, -0.25) is 14.5 Å². The maximum absolute atomic E-state index is 12.4. The molecule has 3 heterocycles. The molecule has 0 N–H and O–H groups in total. The van der Waals surface area contributed by atoms with Gasteiger partial charge in [0.1, 0.15) is 0 Å². The Bertz CT molecular complexity index is 393. The number of piperidine rings is 2. The van der Waals surface area contributed by atoms with Crippen LogP contribution in [0.1, 0.15) is 44.9 Å². The molecule has 0 atom stereocenters. The molecule has 3 rings (SSSR count). The smallest absolute Gasteiger partial charge is 0.236 e. The van der Waals surface area contributed by atoms with E-state index in [1.807, 2.05) is 9.80 Å². The summed E-state index contributed by atoms with van der Waals surface area (Å²) in [4.78, 5) is 31.0. The zero-order valence-corrected chi connectivity index (χ0v) is 13.6. The van der Waals surface area contributed by atoms with Crippen LogP contribution in [0.15, 0.2) is 0 Å². The SMILES string of the molecule is O=C(CN1CCC(C(=O)N2CCCC2)CC1)N1CCCCC1. The normalized spacial score (nSPS) is 24.7. The topological polar surface area (TPSA) is 43.9 Å². The minimum atomic E-state index is 0.194. The molecule has 0 radical (unpaired) electrons. The number of nitrogens with zero attached hydrogens (tertiary/aromatic N) is 3. The third kappa shape index (κ3) is 3.80. The van der Waals surface area contributed by atoms with Crippen LogP contribution in [-0.2, 0) is 9.59 Å². The maximum atomic E-state index is 12.4. The molecule has 3 fully saturated rings. The highest BCUT2D eigenvalue weighted by Gasteiger charge is 2.30. The first-order valence-electron chi connectivity index (χ1n) is 9.03. The van der Waals surface area contributed by atoms with E-state index < -0.39 is 0 Å². The van der Waals surface area contributed by atoms with Crippen LogP contribution in [-0.4, -0.2) is 72.3 Å². The van der Waals surface area contributed by atoms with E-state index in [0.29, 0.717) is 12.5 Å². The third-order valence-electron chi connectivity index (χ3n) is 5.42. The van der Waals surface area contributed by atoms with Crippen molar-refractivity contribution in [1.82, 2.24) is 14.7 Å². The maximum Gasteiger partial charge on any atom is 0.236 e. The molecule has 0 spiro atoms. The summed E-state index contributed by atoms with van der Waals surface area (Å²) in [6.45, 7) is 6.10. The van der Waals surface area contributed by atoms with Crippen molar-refractivity contribution in [2.45, 2.75) is 44.9 Å². The van der Waals surface area contributed by atoms with Crippen molar-refractivity contribution in [3.8, 4) is 0 Å². The Morgan fingerprint density at radius 1 is 0.727 bits per heavy atom. The molecule has 5 nitrogen and oxygen atoms in total. The summed E-state index contributed by atoms with van der Waals surface area (Å²) in [7, 11) is 0. The molecule has 0 aromatic carbocycles. The summed E-state index contributed by atoms with van der Waals surface area (Å²) in [5.41, 5.74) is 0. The zero-order chi connectivity index (χ0) is 15.4. The lowest BCUT2D eigenvalue weighted by Crippen LogP contribution is -2.47. The van der Waals surface area contributed by atoms with E-state index in [1.165, 1.54) is 6.42 Å². The van der Waals surface area contributed by atoms with E-state index in [4.69, 9.17) is 0 Å². The van der Waals surface area contributed by atoms with E-state index >= 15 is 0 Å². The largest absolute Gasteiger partial charge is 0.342 e. The Labute approximate surface area is 133 Å². The number of amides is 2. The van der Waals surface area contributed by atoms with Crippen molar-refractivity contribution in [3.63, 3.8) is 0 Å². The standard InChI is InChI=1S/C17H29N3O2/c21-16(19-8-2-1-3-9-19)14-18-12-6-15(7-13-18)17(22)20-10-4-5-11-20/h15H,1-14H2. The molecule has 3 aliphatic rings. The first kappa shape index (κ1) is 15.8. The minimum Gasteiger partial charge on any atom is -0.342 e. The predicted octanol–water partition coefficient (Wildman–Crippen LogP) is 1.33. The van der Waals surface area contributed by atoms with Gasteiger partial charge in [0.2, 0.25) is 11.8 Å². The van der Waals surface area contributed by atoms with E-state index in [1.54, 1.807) is 0 Å². The highest BCUT2D eigenvalue weighted by Crippen LogP contribution is 2.22. The van der Waals surface area contributed by atoms with Crippen LogP contribution in [0.3, 0.4) is 0 Å². The Morgan fingerprint density at radius 2 is 1.27 bits per heavy atom. The number of hydrogen-bond donors (Lipinski definition) is 0. The van der Waals surface area contributed by atoms with E-state index in [-0.39, 0.29) is 11.8 Å². The van der Waals surface area contributed by atoms with E-state index in [0.717, 1.165) is 77.8 Å². The lowest BCUT2D eigenvalue weighted by Gasteiger charge is -2.34. The van der Waals surface area contributed by atoms with Crippen LogP contribution in [0.25, 0.3) is 0 Å². The molecule has 22 heavy (non-hydrogen) atoms. The van der Waals surface area contributed by atoms with Crippen LogP contribution in [0.2, 0.25) is 0 Å². The van der Waals surface area contributed by atoms with Crippen molar-refractivity contribution >= 4 is 11.8 Å². The van der Waals surface area contributed by atoms with Gasteiger partial charge in [-0.05, 0) is 58.0 Å². The number of carbonyl (C=O) groups excluding carboxylic acids is 2. The molecule has 0 aromatic rings. The van der Waals surface area contributed by atoms with Gasteiger partial charge in [0, 0.05) is 32.1 Å². The molecule has 5 heteroatoms. The molecule has 0 bridgehead atoms. The average Bonchev–Trinajstić information content (AvgIpc) is 3.10. The highest BCUT2D eigenvalue weighted by molar-refractivity contribution is 5.80. The van der Waals surface area contributed by atoms with Gasteiger partial charge in [-0.15, -0.1) is 0 Å². The van der Waals surface area contributed by atoms with Crippen molar-refractivity contribution in [2.75, 3.05) is 45.8 Å². The van der Waals surface area contributed by atoms with Crippen molar-refractivity contribution in [3.05, 3.63) is 0 Å². The Morgan fingerprint density at radius 3 is 1.91 bits per heavy atom. The summed E-state index contributed by atoms with van der Waals surface area (Å²) in [6, 6.07) is 0. The highest BCUT2D eigenvalue weighted by atomic mass is 16.2. The fourth-order valence-corrected chi connectivity index (χ4v) is 3.97. The number of hydrogen-bond acceptors (Lipinski definition) is 3. The van der Waals surface area contributed by atoms with Crippen LogP contribution < -0.4 is 0 Å². The van der Waals surface area contributed by atoms with Gasteiger partial charge in [-0.2, -0.15) is 0 Å². The van der Waals surface area contributed by atoms with Crippen LogP contribution in [0, 0.1) is 5.92 Å². The zero-order valence-electron chi connectivity index (χ0n) is 13.6. The second kappa shape index (κ2) is 7.44.